The van der Waals surface area contributed by atoms with E-state index in [4.69, 9.17) is 0 Å². The molecule has 1 saturated carbocycles. The summed E-state index contributed by atoms with van der Waals surface area (Å²) in [6.07, 6.45) is 10.3. The smallest absolute Gasteiger partial charge is 0.123 e. The van der Waals surface area contributed by atoms with Crippen molar-refractivity contribution in [2.45, 2.75) is 38.0 Å². The molecule has 0 N–H and O–H groups in total. The van der Waals surface area contributed by atoms with Crippen molar-refractivity contribution < 1.29 is 4.39 Å². The topological polar surface area (TPSA) is 12.9 Å². The molecule has 1 aliphatic rings. The summed E-state index contributed by atoms with van der Waals surface area (Å²) in [5.41, 5.74) is 3.20. The van der Waals surface area contributed by atoms with Gasteiger partial charge in [-0.05, 0) is 79.8 Å². The Hall–Kier alpha value is -1.96. The number of rotatable bonds is 4. The van der Waals surface area contributed by atoms with E-state index < -0.39 is 0 Å². The van der Waals surface area contributed by atoms with Gasteiger partial charge >= 0.3 is 0 Å². The molecule has 0 amide bonds. The second-order valence-corrected chi connectivity index (χ2v) is 6.23. The average molecular weight is 295 g/mol. The lowest BCUT2D eigenvalue weighted by molar-refractivity contribution is 0.328. The number of hydrogen-bond acceptors (Lipinski definition) is 1. The lowest BCUT2D eigenvalue weighted by Gasteiger charge is -2.28. The lowest BCUT2D eigenvalue weighted by Crippen LogP contribution is -2.13. The van der Waals surface area contributed by atoms with Crippen LogP contribution in [0.25, 0.3) is 11.3 Å². The maximum absolute atomic E-state index is 13.0. The summed E-state index contributed by atoms with van der Waals surface area (Å²) in [6, 6.07) is 10.7. The molecule has 114 valence electrons. The van der Waals surface area contributed by atoms with Crippen LogP contribution in [0.2, 0.25) is 0 Å². The Balaban J connectivity index is 1.67. The van der Waals surface area contributed by atoms with Gasteiger partial charge in [-0.15, -0.1) is 6.58 Å². The van der Waals surface area contributed by atoms with Gasteiger partial charge in [0.2, 0.25) is 0 Å². The number of pyridine rings is 1. The van der Waals surface area contributed by atoms with Crippen molar-refractivity contribution in [2.24, 2.45) is 5.92 Å². The third-order valence-electron chi connectivity index (χ3n) is 4.74. The van der Waals surface area contributed by atoms with E-state index in [9.17, 15) is 4.39 Å². The molecule has 22 heavy (non-hydrogen) atoms. The van der Waals surface area contributed by atoms with E-state index in [1.54, 1.807) is 12.1 Å². The second-order valence-electron chi connectivity index (χ2n) is 6.23. The first-order chi connectivity index (χ1) is 10.8. The van der Waals surface area contributed by atoms with Crippen LogP contribution in [0.5, 0.6) is 0 Å². The zero-order valence-electron chi connectivity index (χ0n) is 12.8. The largest absolute Gasteiger partial charge is 0.256 e. The molecule has 1 aromatic heterocycles. The van der Waals surface area contributed by atoms with Crippen molar-refractivity contribution in [2.75, 3.05) is 0 Å². The first-order valence-corrected chi connectivity index (χ1v) is 8.09. The molecule has 0 atom stereocenters. The summed E-state index contributed by atoms with van der Waals surface area (Å²) in [6.45, 7) is 3.84. The molecule has 1 aliphatic carbocycles. The molecular formula is C20H22FN. The fourth-order valence-corrected chi connectivity index (χ4v) is 3.41. The lowest BCUT2D eigenvalue weighted by atomic mass is 9.78. The summed E-state index contributed by atoms with van der Waals surface area (Å²) in [5, 5.41) is 0. The Labute approximate surface area is 131 Å². The van der Waals surface area contributed by atoms with Gasteiger partial charge in [-0.25, -0.2) is 4.39 Å². The van der Waals surface area contributed by atoms with Crippen molar-refractivity contribution in [3.8, 4) is 11.3 Å². The molecule has 0 saturated heterocycles. The predicted molar refractivity (Wildman–Crippen MR) is 89.1 cm³/mol. The van der Waals surface area contributed by atoms with Crippen molar-refractivity contribution in [3.63, 3.8) is 0 Å². The monoisotopic (exact) mass is 295 g/mol. The van der Waals surface area contributed by atoms with E-state index >= 15 is 0 Å². The highest BCUT2D eigenvalue weighted by Crippen LogP contribution is 2.37. The van der Waals surface area contributed by atoms with Crippen molar-refractivity contribution >= 4 is 0 Å². The van der Waals surface area contributed by atoms with Crippen LogP contribution >= 0.6 is 0 Å². The Morgan fingerprint density at radius 1 is 1.05 bits per heavy atom. The van der Waals surface area contributed by atoms with Crippen LogP contribution in [0.3, 0.4) is 0 Å². The fraction of sp³-hybridized carbons (Fsp3) is 0.350. The highest BCUT2D eigenvalue weighted by atomic mass is 19.1. The number of hydrogen-bond donors (Lipinski definition) is 0. The van der Waals surface area contributed by atoms with Crippen LogP contribution in [0, 0.1) is 11.7 Å². The quantitative estimate of drug-likeness (QED) is 0.656. The number of nitrogens with zero attached hydrogens (tertiary/aromatic N) is 1. The summed E-state index contributed by atoms with van der Waals surface area (Å²) in [5.74, 6) is 1.24. The highest BCUT2D eigenvalue weighted by Gasteiger charge is 2.21. The molecule has 3 rings (SSSR count). The first-order valence-electron chi connectivity index (χ1n) is 8.09. The fourth-order valence-electron chi connectivity index (χ4n) is 3.41. The summed E-state index contributed by atoms with van der Waals surface area (Å²) in [7, 11) is 0. The van der Waals surface area contributed by atoms with Crippen LogP contribution < -0.4 is 0 Å². The van der Waals surface area contributed by atoms with Gasteiger partial charge < -0.3 is 0 Å². The summed E-state index contributed by atoms with van der Waals surface area (Å²) in [4.78, 5) is 4.57. The van der Waals surface area contributed by atoms with Gasteiger partial charge in [-0.1, -0.05) is 12.1 Å². The molecule has 2 heteroatoms. The van der Waals surface area contributed by atoms with Crippen LogP contribution in [0.4, 0.5) is 4.39 Å². The Morgan fingerprint density at radius 2 is 1.77 bits per heavy atom. The molecule has 0 bridgehead atoms. The van der Waals surface area contributed by atoms with Gasteiger partial charge in [0.1, 0.15) is 5.82 Å². The molecule has 1 nitrogen and oxygen atoms in total. The zero-order valence-corrected chi connectivity index (χ0v) is 12.8. The van der Waals surface area contributed by atoms with E-state index in [-0.39, 0.29) is 5.82 Å². The zero-order chi connectivity index (χ0) is 15.4. The van der Waals surface area contributed by atoms with Crippen LogP contribution in [-0.2, 0) is 0 Å². The van der Waals surface area contributed by atoms with Gasteiger partial charge in [0.05, 0.1) is 5.69 Å². The summed E-state index contributed by atoms with van der Waals surface area (Å²) < 4.78 is 13.0. The number of benzene rings is 1. The standard InChI is InChI=1S/C20H22FN/c1-2-3-15-4-6-16(7-5-15)18-10-13-20(22-14-18)17-8-11-19(21)12-9-17/h2,8-16H,1,3-7H2. The van der Waals surface area contributed by atoms with E-state index in [1.807, 2.05) is 12.3 Å². The Bertz CT molecular complexity index is 607. The van der Waals surface area contributed by atoms with Crippen LogP contribution in [0.1, 0.15) is 43.6 Å². The van der Waals surface area contributed by atoms with Gasteiger partial charge in [-0.2, -0.15) is 0 Å². The van der Waals surface area contributed by atoms with E-state index in [0.717, 1.165) is 23.6 Å². The number of allylic oxidation sites excluding steroid dienone is 1. The summed E-state index contributed by atoms with van der Waals surface area (Å²) >= 11 is 0. The third kappa shape index (κ3) is 3.44. The maximum Gasteiger partial charge on any atom is 0.123 e. The van der Waals surface area contributed by atoms with E-state index in [2.05, 4.69) is 23.7 Å². The maximum atomic E-state index is 13.0. The second kappa shape index (κ2) is 6.87. The van der Waals surface area contributed by atoms with Crippen molar-refractivity contribution in [1.29, 1.82) is 0 Å². The van der Waals surface area contributed by atoms with Gasteiger partial charge in [0, 0.05) is 11.8 Å². The van der Waals surface area contributed by atoms with Gasteiger partial charge in [-0.3, -0.25) is 4.98 Å². The molecule has 0 radical (unpaired) electrons. The van der Waals surface area contributed by atoms with Crippen molar-refractivity contribution in [1.82, 2.24) is 4.98 Å². The predicted octanol–water partition coefficient (Wildman–Crippen LogP) is 5.74. The van der Waals surface area contributed by atoms with Gasteiger partial charge in [0.15, 0.2) is 0 Å². The third-order valence-corrected chi connectivity index (χ3v) is 4.74. The molecule has 0 spiro atoms. The molecule has 0 aliphatic heterocycles. The Kier molecular flexibility index (Phi) is 4.67. The molecule has 0 unspecified atom stereocenters. The normalized spacial score (nSPS) is 21.5. The first kappa shape index (κ1) is 15.0. The molecular weight excluding hydrogens is 273 g/mol. The van der Waals surface area contributed by atoms with Crippen LogP contribution in [-0.4, -0.2) is 4.98 Å². The average Bonchev–Trinajstić information content (AvgIpc) is 2.57. The number of aromatic nitrogens is 1. The molecule has 1 fully saturated rings. The van der Waals surface area contributed by atoms with E-state index in [1.165, 1.54) is 43.4 Å². The van der Waals surface area contributed by atoms with Crippen LogP contribution in [0.15, 0.2) is 55.3 Å². The SMILES string of the molecule is C=CCC1CCC(c2ccc(-c3ccc(F)cc3)nc2)CC1. The van der Waals surface area contributed by atoms with Gasteiger partial charge in [0.25, 0.3) is 0 Å². The minimum absolute atomic E-state index is 0.211. The molecule has 1 heterocycles. The van der Waals surface area contributed by atoms with E-state index in [0.29, 0.717) is 5.92 Å². The minimum atomic E-state index is -0.211. The molecule has 2 aromatic rings. The number of halogens is 1. The van der Waals surface area contributed by atoms with Crippen molar-refractivity contribution in [3.05, 3.63) is 66.6 Å². The molecule has 1 aromatic carbocycles. The highest BCUT2D eigenvalue weighted by molar-refractivity contribution is 5.58. The Morgan fingerprint density at radius 3 is 2.36 bits per heavy atom. The minimum Gasteiger partial charge on any atom is -0.256 e.